The second-order valence-corrected chi connectivity index (χ2v) is 9.20. The number of rotatable bonds is 5. The van der Waals surface area contributed by atoms with Crippen molar-refractivity contribution in [3.8, 4) is 0 Å². The lowest BCUT2D eigenvalue weighted by Crippen LogP contribution is -2.22. The molecule has 0 aliphatic heterocycles. The van der Waals surface area contributed by atoms with E-state index in [1.807, 2.05) is 13.8 Å². The summed E-state index contributed by atoms with van der Waals surface area (Å²) >= 11 is 2.07. The minimum absolute atomic E-state index is 0.0655. The van der Waals surface area contributed by atoms with E-state index in [0.29, 0.717) is 15.4 Å². The number of hydrogen-bond donors (Lipinski definition) is 1. The van der Waals surface area contributed by atoms with Crippen LogP contribution in [0.5, 0.6) is 0 Å². The zero-order valence-electron chi connectivity index (χ0n) is 11.2. The lowest BCUT2D eigenvalue weighted by molar-refractivity contribution is 0.0954. The number of halogens is 1. The maximum Gasteiger partial charge on any atom is 0.270 e. The number of carbonyl (C=O) groups is 1. The molecule has 0 atom stereocenters. The van der Waals surface area contributed by atoms with E-state index in [-0.39, 0.29) is 22.6 Å². The van der Waals surface area contributed by atoms with E-state index in [9.17, 15) is 13.2 Å². The van der Waals surface area contributed by atoms with Gasteiger partial charge in [0.25, 0.3) is 15.0 Å². The number of amides is 1. The summed E-state index contributed by atoms with van der Waals surface area (Å²) in [5.41, 5.74) is 0.660. The minimum Gasteiger partial charge on any atom is -0.346 e. The Hall–Kier alpha value is -1.03. The summed E-state index contributed by atoms with van der Waals surface area (Å²) in [5.74, 6) is -0.156. The Kier molecular flexibility index (Phi) is 4.97. The van der Waals surface area contributed by atoms with E-state index < -0.39 is 9.05 Å². The molecule has 6 nitrogen and oxygen atoms in total. The number of nitrogens with one attached hydrogen (secondary N) is 1. The third-order valence-electron chi connectivity index (χ3n) is 2.57. The normalized spacial score (nSPS) is 11.8. The SMILES string of the molecule is CC(C)c1nnsc1C(=O)NCc1ccc(S(=O)(=O)Cl)s1. The van der Waals surface area contributed by atoms with Crippen molar-refractivity contribution in [1.29, 1.82) is 0 Å². The lowest BCUT2D eigenvalue weighted by atomic mass is 10.1. The number of aromatic nitrogens is 2. The van der Waals surface area contributed by atoms with Crippen LogP contribution < -0.4 is 5.32 Å². The van der Waals surface area contributed by atoms with Crippen molar-refractivity contribution in [3.63, 3.8) is 0 Å². The van der Waals surface area contributed by atoms with Gasteiger partial charge in [-0.25, -0.2) is 8.42 Å². The number of nitrogens with zero attached hydrogens (tertiary/aromatic N) is 2. The molecule has 1 amide bonds. The molecule has 0 saturated heterocycles. The molecular weight excluding hydrogens is 354 g/mol. The molecule has 0 bridgehead atoms. The van der Waals surface area contributed by atoms with Crippen molar-refractivity contribution in [2.75, 3.05) is 0 Å². The molecule has 2 rings (SSSR count). The molecule has 2 aromatic rings. The van der Waals surface area contributed by atoms with Gasteiger partial charge in [-0.05, 0) is 29.6 Å². The zero-order chi connectivity index (χ0) is 15.6. The van der Waals surface area contributed by atoms with Crippen LogP contribution in [-0.4, -0.2) is 23.9 Å². The topological polar surface area (TPSA) is 89.0 Å². The Morgan fingerprint density at radius 2 is 2.14 bits per heavy atom. The third-order valence-corrected chi connectivity index (χ3v) is 6.49. The summed E-state index contributed by atoms with van der Waals surface area (Å²) in [5, 5.41) is 6.67. The molecule has 1 N–H and O–H groups in total. The van der Waals surface area contributed by atoms with E-state index >= 15 is 0 Å². The third kappa shape index (κ3) is 4.00. The predicted octanol–water partition coefficient (Wildman–Crippen LogP) is 2.58. The highest BCUT2D eigenvalue weighted by atomic mass is 35.7. The molecule has 2 aromatic heterocycles. The molecule has 0 aliphatic carbocycles. The van der Waals surface area contributed by atoms with Crippen LogP contribution in [0.1, 0.15) is 40.0 Å². The summed E-state index contributed by atoms with van der Waals surface area (Å²) < 4.78 is 26.2. The quantitative estimate of drug-likeness (QED) is 0.822. The Morgan fingerprint density at radius 3 is 2.71 bits per heavy atom. The van der Waals surface area contributed by atoms with Gasteiger partial charge in [0.1, 0.15) is 9.09 Å². The van der Waals surface area contributed by atoms with Gasteiger partial charge in [0.2, 0.25) is 0 Å². The Bertz CT molecular complexity index is 752. The molecule has 0 radical (unpaired) electrons. The highest BCUT2D eigenvalue weighted by Gasteiger charge is 2.19. The van der Waals surface area contributed by atoms with Crippen LogP contribution in [-0.2, 0) is 15.6 Å². The second kappa shape index (κ2) is 6.39. The summed E-state index contributed by atoms with van der Waals surface area (Å²) in [7, 11) is 1.53. The lowest BCUT2D eigenvalue weighted by Gasteiger charge is -2.04. The smallest absolute Gasteiger partial charge is 0.270 e. The standard InChI is InChI=1S/C11H12ClN3O3S3/c1-6(2)9-10(20-15-14-9)11(16)13-5-7-3-4-8(19-7)21(12,17)18/h3-4,6H,5H2,1-2H3,(H,13,16). The van der Waals surface area contributed by atoms with Crippen LogP contribution in [0.4, 0.5) is 0 Å². The fourth-order valence-corrected chi connectivity index (χ4v) is 4.36. The molecule has 0 spiro atoms. The molecule has 114 valence electrons. The molecular formula is C11H12ClN3O3S3. The highest BCUT2D eigenvalue weighted by Crippen LogP contribution is 2.25. The van der Waals surface area contributed by atoms with Crippen LogP contribution in [0.25, 0.3) is 0 Å². The van der Waals surface area contributed by atoms with Crippen molar-refractivity contribution in [1.82, 2.24) is 14.9 Å². The molecule has 0 fully saturated rings. The minimum atomic E-state index is -3.72. The molecule has 2 heterocycles. The first-order valence-electron chi connectivity index (χ1n) is 5.93. The van der Waals surface area contributed by atoms with Gasteiger partial charge in [0.05, 0.1) is 12.2 Å². The Labute approximate surface area is 134 Å². The van der Waals surface area contributed by atoms with Gasteiger partial charge in [-0.15, -0.1) is 16.4 Å². The highest BCUT2D eigenvalue weighted by molar-refractivity contribution is 8.15. The summed E-state index contributed by atoms with van der Waals surface area (Å²) in [6.07, 6.45) is 0. The van der Waals surface area contributed by atoms with Gasteiger partial charge >= 0.3 is 0 Å². The number of carbonyl (C=O) groups excluding carboxylic acids is 1. The first-order chi connectivity index (χ1) is 9.79. The maximum absolute atomic E-state index is 12.1. The second-order valence-electron chi connectivity index (χ2n) is 4.48. The Balaban J connectivity index is 2.04. The number of hydrogen-bond acceptors (Lipinski definition) is 7. The summed E-state index contributed by atoms with van der Waals surface area (Å²) in [6.45, 7) is 4.10. The van der Waals surface area contributed by atoms with Crippen LogP contribution >= 0.6 is 33.6 Å². The van der Waals surface area contributed by atoms with E-state index in [1.54, 1.807) is 6.07 Å². The molecule has 0 aromatic carbocycles. The van der Waals surface area contributed by atoms with Gasteiger partial charge in [-0.2, -0.15) is 0 Å². The summed E-state index contributed by atoms with van der Waals surface area (Å²) in [6, 6.07) is 3.04. The average molecular weight is 366 g/mol. The average Bonchev–Trinajstić information content (AvgIpc) is 3.04. The Morgan fingerprint density at radius 1 is 1.43 bits per heavy atom. The molecule has 21 heavy (non-hydrogen) atoms. The van der Waals surface area contributed by atoms with E-state index in [1.165, 1.54) is 6.07 Å². The first kappa shape index (κ1) is 16.3. The van der Waals surface area contributed by atoms with Gasteiger partial charge < -0.3 is 5.32 Å². The van der Waals surface area contributed by atoms with Crippen LogP contribution in [0.15, 0.2) is 16.3 Å². The van der Waals surface area contributed by atoms with Crippen molar-refractivity contribution >= 4 is 48.5 Å². The van der Waals surface area contributed by atoms with Gasteiger partial charge in [-0.3, -0.25) is 4.79 Å². The van der Waals surface area contributed by atoms with Gasteiger partial charge in [0, 0.05) is 15.6 Å². The van der Waals surface area contributed by atoms with Crippen LogP contribution in [0.2, 0.25) is 0 Å². The zero-order valence-corrected chi connectivity index (χ0v) is 14.4. The van der Waals surface area contributed by atoms with Gasteiger partial charge in [-0.1, -0.05) is 18.3 Å². The summed E-state index contributed by atoms with van der Waals surface area (Å²) in [4.78, 5) is 13.3. The largest absolute Gasteiger partial charge is 0.346 e. The van der Waals surface area contributed by atoms with Crippen molar-refractivity contribution in [2.45, 2.75) is 30.5 Å². The van der Waals surface area contributed by atoms with Crippen LogP contribution in [0.3, 0.4) is 0 Å². The molecule has 10 heteroatoms. The maximum atomic E-state index is 12.1. The molecule has 0 saturated carbocycles. The number of thiophene rings is 1. The fraction of sp³-hybridized carbons (Fsp3) is 0.364. The molecule has 0 aliphatic rings. The van der Waals surface area contributed by atoms with Crippen LogP contribution in [0, 0.1) is 0 Å². The van der Waals surface area contributed by atoms with Crippen molar-refractivity contribution < 1.29 is 13.2 Å². The van der Waals surface area contributed by atoms with E-state index in [2.05, 4.69) is 14.9 Å². The molecule has 0 unspecified atom stereocenters. The van der Waals surface area contributed by atoms with Crippen molar-refractivity contribution in [3.05, 3.63) is 27.6 Å². The van der Waals surface area contributed by atoms with Gasteiger partial charge in [0.15, 0.2) is 0 Å². The van der Waals surface area contributed by atoms with Crippen molar-refractivity contribution in [2.24, 2.45) is 0 Å². The van der Waals surface area contributed by atoms with E-state index in [0.717, 1.165) is 22.9 Å². The van der Waals surface area contributed by atoms with E-state index in [4.69, 9.17) is 10.7 Å². The predicted molar refractivity (Wildman–Crippen MR) is 82.5 cm³/mol. The monoisotopic (exact) mass is 365 g/mol. The first-order valence-corrected chi connectivity index (χ1v) is 9.82. The fourth-order valence-electron chi connectivity index (χ4n) is 1.56.